The van der Waals surface area contributed by atoms with E-state index in [4.69, 9.17) is 4.74 Å². The molecule has 1 N–H and O–H groups in total. The number of ether oxygens (including phenoxy) is 1. The van der Waals surface area contributed by atoms with Crippen LogP contribution in [0.1, 0.15) is 19.4 Å². The first kappa shape index (κ1) is 13.4. The molecule has 1 fully saturated rings. The summed E-state index contributed by atoms with van der Waals surface area (Å²) >= 11 is 0. The molecule has 1 aromatic rings. The Morgan fingerprint density at radius 2 is 1.84 bits per heavy atom. The van der Waals surface area contributed by atoms with Crippen LogP contribution < -0.4 is 10.1 Å². The standard InChI is InChI=1S/C14H18N2O3/c1-10-4-6-11(7-5-10)19-9-8-16-12(17)14(2,3)15-13(16)18/h4-7H,8-9H2,1-3H3,(H,15,18). The topological polar surface area (TPSA) is 58.6 Å². The maximum Gasteiger partial charge on any atom is 0.325 e. The Labute approximate surface area is 112 Å². The number of nitrogens with one attached hydrogen (secondary N) is 1. The van der Waals surface area contributed by atoms with E-state index in [-0.39, 0.29) is 25.1 Å². The van der Waals surface area contributed by atoms with Crippen LogP contribution in [0.15, 0.2) is 24.3 Å². The van der Waals surface area contributed by atoms with E-state index in [9.17, 15) is 9.59 Å². The van der Waals surface area contributed by atoms with Crippen molar-refractivity contribution >= 4 is 11.9 Å². The number of benzene rings is 1. The van der Waals surface area contributed by atoms with Crippen molar-refractivity contribution in [2.45, 2.75) is 26.3 Å². The summed E-state index contributed by atoms with van der Waals surface area (Å²) in [7, 11) is 0. The molecule has 1 aromatic carbocycles. The van der Waals surface area contributed by atoms with E-state index in [1.807, 2.05) is 31.2 Å². The van der Waals surface area contributed by atoms with Gasteiger partial charge in [0.2, 0.25) is 0 Å². The largest absolute Gasteiger partial charge is 0.492 e. The third-order valence-corrected chi connectivity index (χ3v) is 3.05. The predicted octanol–water partition coefficient (Wildman–Crippen LogP) is 1.70. The van der Waals surface area contributed by atoms with E-state index in [0.29, 0.717) is 0 Å². The van der Waals surface area contributed by atoms with Crippen LogP contribution in [0.25, 0.3) is 0 Å². The van der Waals surface area contributed by atoms with Crippen molar-refractivity contribution in [2.75, 3.05) is 13.2 Å². The Morgan fingerprint density at radius 1 is 1.21 bits per heavy atom. The SMILES string of the molecule is Cc1ccc(OCCN2C(=O)NC(C)(C)C2=O)cc1. The number of carbonyl (C=O) groups excluding carboxylic acids is 2. The zero-order valence-corrected chi connectivity index (χ0v) is 11.4. The molecular weight excluding hydrogens is 244 g/mol. The first-order chi connectivity index (χ1) is 8.90. The number of hydrogen-bond donors (Lipinski definition) is 1. The van der Waals surface area contributed by atoms with Crippen LogP contribution in [-0.4, -0.2) is 35.5 Å². The van der Waals surface area contributed by atoms with Crippen LogP contribution in [-0.2, 0) is 4.79 Å². The lowest BCUT2D eigenvalue weighted by Gasteiger charge is -2.16. The van der Waals surface area contributed by atoms with Crippen LogP contribution in [0.2, 0.25) is 0 Å². The van der Waals surface area contributed by atoms with Crippen LogP contribution in [0.4, 0.5) is 4.79 Å². The highest BCUT2D eigenvalue weighted by Crippen LogP contribution is 2.16. The molecule has 2 rings (SSSR count). The zero-order valence-electron chi connectivity index (χ0n) is 11.4. The van der Waals surface area contributed by atoms with Gasteiger partial charge in [0.15, 0.2) is 0 Å². The molecule has 0 atom stereocenters. The lowest BCUT2D eigenvalue weighted by molar-refractivity contribution is -0.130. The summed E-state index contributed by atoms with van der Waals surface area (Å²) in [4.78, 5) is 24.7. The molecule has 5 nitrogen and oxygen atoms in total. The van der Waals surface area contributed by atoms with E-state index >= 15 is 0 Å². The van der Waals surface area contributed by atoms with Crippen molar-refractivity contribution in [3.8, 4) is 5.75 Å². The minimum Gasteiger partial charge on any atom is -0.492 e. The van der Waals surface area contributed by atoms with Crippen molar-refractivity contribution in [2.24, 2.45) is 0 Å². The Hall–Kier alpha value is -2.04. The summed E-state index contributed by atoms with van der Waals surface area (Å²) in [6, 6.07) is 7.27. The van der Waals surface area contributed by atoms with Gasteiger partial charge in [0, 0.05) is 0 Å². The molecule has 5 heteroatoms. The van der Waals surface area contributed by atoms with Gasteiger partial charge in [-0.15, -0.1) is 0 Å². The maximum absolute atomic E-state index is 11.9. The number of urea groups is 1. The third-order valence-electron chi connectivity index (χ3n) is 3.05. The molecule has 0 bridgehead atoms. The number of rotatable bonds is 4. The molecule has 1 aliphatic heterocycles. The molecule has 0 aromatic heterocycles. The molecule has 19 heavy (non-hydrogen) atoms. The number of amides is 3. The van der Waals surface area contributed by atoms with Gasteiger partial charge in [0.25, 0.3) is 5.91 Å². The Bertz CT molecular complexity index is 494. The Balaban J connectivity index is 1.88. The second kappa shape index (κ2) is 4.91. The Kier molecular flexibility index (Phi) is 3.46. The van der Waals surface area contributed by atoms with Gasteiger partial charge in [-0.2, -0.15) is 0 Å². The van der Waals surface area contributed by atoms with Gasteiger partial charge in [0.1, 0.15) is 17.9 Å². The van der Waals surface area contributed by atoms with E-state index in [0.717, 1.165) is 11.3 Å². The molecule has 0 saturated carbocycles. The third kappa shape index (κ3) is 2.86. The fraction of sp³-hybridized carbons (Fsp3) is 0.429. The van der Waals surface area contributed by atoms with Gasteiger partial charge in [-0.25, -0.2) is 4.79 Å². The van der Waals surface area contributed by atoms with Gasteiger partial charge in [-0.05, 0) is 32.9 Å². The molecule has 0 spiro atoms. The fourth-order valence-corrected chi connectivity index (χ4v) is 1.91. The number of carbonyl (C=O) groups is 2. The lowest BCUT2D eigenvalue weighted by atomic mass is 10.1. The van der Waals surface area contributed by atoms with Crippen LogP contribution in [0, 0.1) is 6.92 Å². The average molecular weight is 262 g/mol. The molecular formula is C14H18N2O3. The van der Waals surface area contributed by atoms with E-state index in [1.54, 1.807) is 13.8 Å². The zero-order chi connectivity index (χ0) is 14.0. The normalized spacial score (nSPS) is 17.5. The summed E-state index contributed by atoms with van der Waals surface area (Å²) in [6.45, 7) is 5.92. The summed E-state index contributed by atoms with van der Waals surface area (Å²) in [5.41, 5.74) is 0.337. The molecule has 1 aliphatic rings. The van der Waals surface area contributed by atoms with Gasteiger partial charge in [-0.1, -0.05) is 17.7 Å². The van der Waals surface area contributed by atoms with Gasteiger partial charge < -0.3 is 10.1 Å². The predicted molar refractivity (Wildman–Crippen MR) is 71.0 cm³/mol. The monoisotopic (exact) mass is 262 g/mol. The van der Waals surface area contributed by atoms with E-state index in [2.05, 4.69) is 5.32 Å². The number of imide groups is 1. The highest BCUT2D eigenvalue weighted by atomic mass is 16.5. The van der Waals surface area contributed by atoms with Crippen molar-refractivity contribution in [1.29, 1.82) is 0 Å². The van der Waals surface area contributed by atoms with Crippen LogP contribution in [0.3, 0.4) is 0 Å². The molecule has 102 valence electrons. The minimum absolute atomic E-state index is 0.218. The highest BCUT2D eigenvalue weighted by molar-refractivity contribution is 6.06. The van der Waals surface area contributed by atoms with Gasteiger partial charge in [-0.3, -0.25) is 9.69 Å². The molecule has 0 radical (unpaired) electrons. The van der Waals surface area contributed by atoms with E-state index in [1.165, 1.54) is 4.90 Å². The first-order valence-electron chi connectivity index (χ1n) is 6.24. The average Bonchev–Trinajstić information content (AvgIpc) is 2.53. The minimum atomic E-state index is -0.819. The van der Waals surface area contributed by atoms with Gasteiger partial charge in [0.05, 0.1) is 6.54 Å². The quantitative estimate of drug-likeness (QED) is 0.840. The van der Waals surface area contributed by atoms with Crippen molar-refractivity contribution in [1.82, 2.24) is 10.2 Å². The number of aryl methyl sites for hydroxylation is 1. The Morgan fingerprint density at radius 3 is 2.37 bits per heavy atom. The summed E-state index contributed by atoms with van der Waals surface area (Å²) in [5, 5.41) is 2.63. The molecule has 0 unspecified atom stereocenters. The second-order valence-electron chi connectivity index (χ2n) is 5.17. The van der Waals surface area contributed by atoms with Crippen LogP contribution in [0.5, 0.6) is 5.75 Å². The number of nitrogens with zero attached hydrogens (tertiary/aromatic N) is 1. The van der Waals surface area contributed by atoms with Crippen molar-refractivity contribution in [3.63, 3.8) is 0 Å². The second-order valence-corrected chi connectivity index (χ2v) is 5.17. The van der Waals surface area contributed by atoms with E-state index < -0.39 is 5.54 Å². The molecule has 0 aliphatic carbocycles. The molecule has 1 heterocycles. The summed E-state index contributed by atoms with van der Waals surface area (Å²) in [5.74, 6) is 0.516. The summed E-state index contributed by atoms with van der Waals surface area (Å²) < 4.78 is 5.51. The summed E-state index contributed by atoms with van der Waals surface area (Å²) in [6.07, 6.45) is 0. The smallest absolute Gasteiger partial charge is 0.325 e. The first-order valence-corrected chi connectivity index (χ1v) is 6.24. The molecule has 1 saturated heterocycles. The molecule has 3 amide bonds. The van der Waals surface area contributed by atoms with Crippen molar-refractivity contribution in [3.05, 3.63) is 29.8 Å². The lowest BCUT2D eigenvalue weighted by Crippen LogP contribution is -2.40. The maximum atomic E-state index is 11.9. The van der Waals surface area contributed by atoms with Crippen molar-refractivity contribution < 1.29 is 14.3 Å². The highest BCUT2D eigenvalue weighted by Gasteiger charge is 2.43. The van der Waals surface area contributed by atoms with Gasteiger partial charge >= 0.3 is 6.03 Å². The fourth-order valence-electron chi connectivity index (χ4n) is 1.91. The van der Waals surface area contributed by atoms with Crippen LogP contribution >= 0.6 is 0 Å². The number of hydrogen-bond acceptors (Lipinski definition) is 3.